The minimum atomic E-state index is -0.461. The Kier molecular flexibility index (Phi) is 4.70. The third-order valence-corrected chi connectivity index (χ3v) is 3.52. The van der Waals surface area contributed by atoms with Gasteiger partial charge >= 0.3 is 0 Å². The standard InChI is InChI=1S/C12H19N5O3/c13-15-11-7-10(17(19)20)8-12(14-11)16(5-2-6-18)9-3-1-4-9/h7-9,18H,1-6,13H2,(H,14,15). The lowest BCUT2D eigenvalue weighted by Crippen LogP contribution is -2.41. The summed E-state index contributed by atoms with van der Waals surface area (Å²) in [4.78, 5) is 16.8. The van der Waals surface area contributed by atoms with Crippen LogP contribution in [0.2, 0.25) is 0 Å². The molecular formula is C12H19N5O3. The summed E-state index contributed by atoms with van der Waals surface area (Å²) < 4.78 is 0. The fourth-order valence-corrected chi connectivity index (χ4v) is 2.25. The fraction of sp³-hybridized carbons (Fsp3) is 0.583. The first-order chi connectivity index (χ1) is 9.65. The van der Waals surface area contributed by atoms with E-state index in [1.165, 1.54) is 12.1 Å². The monoisotopic (exact) mass is 281 g/mol. The molecule has 0 bridgehead atoms. The lowest BCUT2D eigenvalue weighted by molar-refractivity contribution is -0.384. The van der Waals surface area contributed by atoms with Crippen LogP contribution in [0.5, 0.6) is 0 Å². The molecule has 0 unspecified atom stereocenters. The number of rotatable bonds is 7. The molecular weight excluding hydrogens is 262 g/mol. The van der Waals surface area contributed by atoms with E-state index in [0.717, 1.165) is 19.3 Å². The van der Waals surface area contributed by atoms with Crippen molar-refractivity contribution >= 4 is 17.3 Å². The first-order valence-corrected chi connectivity index (χ1v) is 6.66. The molecule has 0 radical (unpaired) electrons. The SMILES string of the molecule is NNc1cc([N+](=O)[O-])cc(N(CCCO)C2CCC2)n1. The normalized spacial score (nSPS) is 14.7. The highest BCUT2D eigenvalue weighted by Crippen LogP contribution is 2.31. The number of nitrogens with two attached hydrogens (primary N) is 1. The number of nitrogen functional groups attached to an aromatic ring is 1. The summed E-state index contributed by atoms with van der Waals surface area (Å²) >= 11 is 0. The molecule has 2 rings (SSSR count). The number of hydrogen-bond acceptors (Lipinski definition) is 7. The fourth-order valence-electron chi connectivity index (χ4n) is 2.25. The second kappa shape index (κ2) is 6.49. The predicted molar refractivity (Wildman–Crippen MR) is 75.4 cm³/mol. The van der Waals surface area contributed by atoms with Crippen LogP contribution < -0.4 is 16.2 Å². The summed E-state index contributed by atoms with van der Waals surface area (Å²) in [5.41, 5.74) is 2.31. The van der Waals surface area contributed by atoms with Gasteiger partial charge in [0.2, 0.25) is 0 Å². The molecule has 1 aromatic rings. The average molecular weight is 281 g/mol. The summed E-state index contributed by atoms with van der Waals surface area (Å²) in [6.07, 6.45) is 3.84. The van der Waals surface area contributed by atoms with Gasteiger partial charge in [0, 0.05) is 19.2 Å². The topological polar surface area (TPSA) is 118 Å². The molecule has 8 heteroatoms. The zero-order chi connectivity index (χ0) is 14.5. The van der Waals surface area contributed by atoms with Crippen molar-refractivity contribution in [1.29, 1.82) is 0 Å². The zero-order valence-corrected chi connectivity index (χ0v) is 11.2. The number of aliphatic hydroxyl groups is 1. The van der Waals surface area contributed by atoms with Crippen molar-refractivity contribution in [2.24, 2.45) is 5.84 Å². The molecule has 0 atom stereocenters. The number of aromatic nitrogens is 1. The molecule has 0 spiro atoms. The van der Waals surface area contributed by atoms with Crippen LogP contribution in [-0.2, 0) is 0 Å². The lowest BCUT2D eigenvalue weighted by atomic mass is 9.91. The van der Waals surface area contributed by atoms with E-state index in [1.807, 2.05) is 4.90 Å². The van der Waals surface area contributed by atoms with Crippen LogP contribution in [0.25, 0.3) is 0 Å². The highest BCUT2D eigenvalue weighted by molar-refractivity contribution is 5.56. The van der Waals surface area contributed by atoms with Gasteiger partial charge < -0.3 is 15.4 Å². The molecule has 1 fully saturated rings. The molecule has 8 nitrogen and oxygen atoms in total. The Hall–Kier alpha value is -1.93. The molecule has 0 aliphatic heterocycles. The maximum absolute atomic E-state index is 11.0. The molecule has 1 heterocycles. The van der Waals surface area contributed by atoms with Gasteiger partial charge in [-0.2, -0.15) is 0 Å². The van der Waals surface area contributed by atoms with E-state index in [9.17, 15) is 10.1 Å². The van der Waals surface area contributed by atoms with E-state index in [0.29, 0.717) is 24.8 Å². The van der Waals surface area contributed by atoms with Crippen molar-refractivity contribution in [3.8, 4) is 0 Å². The van der Waals surface area contributed by atoms with E-state index >= 15 is 0 Å². The van der Waals surface area contributed by atoms with E-state index in [4.69, 9.17) is 10.9 Å². The van der Waals surface area contributed by atoms with Crippen molar-refractivity contribution in [2.45, 2.75) is 31.7 Å². The molecule has 1 saturated carbocycles. The molecule has 1 aliphatic rings. The Morgan fingerprint density at radius 2 is 2.30 bits per heavy atom. The van der Waals surface area contributed by atoms with Gasteiger partial charge in [-0.1, -0.05) is 0 Å². The molecule has 1 aromatic heterocycles. The zero-order valence-electron chi connectivity index (χ0n) is 11.2. The van der Waals surface area contributed by atoms with E-state index in [1.54, 1.807) is 0 Å². The second-order valence-electron chi connectivity index (χ2n) is 4.83. The predicted octanol–water partition coefficient (Wildman–Crippen LogP) is 1.02. The van der Waals surface area contributed by atoms with Crippen molar-refractivity contribution < 1.29 is 10.0 Å². The van der Waals surface area contributed by atoms with Gasteiger partial charge in [0.15, 0.2) is 0 Å². The third kappa shape index (κ3) is 3.14. The minimum absolute atomic E-state index is 0.0451. The lowest BCUT2D eigenvalue weighted by Gasteiger charge is -2.38. The number of aliphatic hydroxyl groups excluding tert-OH is 1. The summed E-state index contributed by atoms with van der Waals surface area (Å²) in [6.45, 7) is 0.708. The minimum Gasteiger partial charge on any atom is -0.396 e. The first-order valence-electron chi connectivity index (χ1n) is 6.66. The van der Waals surface area contributed by atoms with E-state index in [2.05, 4.69) is 10.4 Å². The summed E-state index contributed by atoms with van der Waals surface area (Å²) in [7, 11) is 0. The van der Waals surface area contributed by atoms with Gasteiger partial charge in [0.25, 0.3) is 5.69 Å². The van der Waals surface area contributed by atoms with E-state index < -0.39 is 4.92 Å². The second-order valence-corrected chi connectivity index (χ2v) is 4.83. The number of nitrogens with one attached hydrogen (secondary N) is 1. The van der Waals surface area contributed by atoms with Crippen LogP contribution in [0, 0.1) is 10.1 Å². The van der Waals surface area contributed by atoms with Crippen molar-refractivity contribution in [1.82, 2.24) is 4.98 Å². The first kappa shape index (κ1) is 14.5. The highest BCUT2D eigenvalue weighted by atomic mass is 16.6. The molecule has 110 valence electrons. The summed E-state index contributed by atoms with van der Waals surface area (Å²) in [5, 5.41) is 20.0. The van der Waals surface area contributed by atoms with Crippen LogP contribution in [0.4, 0.5) is 17.3 Å². The Labute approximate surface area is 116 Å². The van der Waals surface area contributed by atoms with Crippen molar-refractivity contribution in [3.05, 3.63) is 22.2 Å². The van der Waals surface area contributed by atoms with Crippen LogP contribution in [0.15, 0.2) is 12.1 Å². The summed E-state index contributed by atoms with van der Waals surface area (Å²) in [5.74, 6) is 6.12. The molecule has 0 amide bonds. The Morgan fingerprint density at radius 1 is 1.55 bits per heavy atom. The van der Waals surface area contributed by atoms with Crippen molar-refractivity contribution in [3.63, 3.8) is 0 Å². The quantitative estimate of drug-likeness (QED) is 0.388. The maximum Gasteiger partial charge on any atom is 0.276 e. The van der Waals surface area contributed by atoms with E-state index in [-0.39, 0.29) is 18.1 Å². The maximum atomic E-state index is 11.0. The van der Waals surface area contributed by atoms with Gasteiger partial charge in [0.1, 0.15) is 11.6 Å². The van der Waals surface area contributed by atoms with Gasteiger partial charge in [0.05, 0.1) is 17.1 Å². The van der Waals surface area contributed by atoms with Crippen molar-refractivity contribution in [2.75, 3.05) is 23.5 Å². The molecule has 0 aromatic carbocycles. The number of pyridine rings is 1. The van der Waals surface area contributed by atoms with Gasteiger partial charge in [-0.05, 0) is 25.7 Å². The number of hydrazine groups is 1. The number of anilines is 2. The highest BCUT2D eigenvalue weighted by Gasteiger charge is 2.27. The average Bonchev–Trinajstić information content (AvgIpc) is 2.40. The number of nitro groups is 1. The van der Waals surface area contributed by atoms with Gasteiger partial charge in [-0.15, -0.1) is 0 Å². The number of hydrogen-bond donors (Lipinski definition) is 3. The van der Waals surface area contributed by atoms with Gasteiger partial charge in [-0.3, -0.25) is 10.1 Å². The van der Waals surface area contributed by atoms with Crippen LogP contribution in [-0.4, -0.2) is 34.2 Å². The van der Waals surface area contributed by atoms with Crippen LogP contribution in [0.3, 0.4) is 0 Å². The largest absolute Gasteiger partial charge is 0.396 e. The Balaban J connectivity index is 2.30. The molecule has 4 N–H and O–H groups in total. The molecule has 20 heavy (non-hydrogen) atoms. The Morgan fingerprint density at radius 3 is 2.80 bits per heavy atom. The Bertz CT molecular complexity index is 478. The molecule has 0 saturated heterocycles. The molecule has 1 aliphatic carbocycles. The smallest absolute Gasteiger partial charge is 0.276 e. The summed E-state index contributed by atoms with van der Waals surface area (Å²) in [6, 6.07) is 3.09. The number of nitrogens with zero attached hydrogens (tertiary/aromatic N) is 3. The van der Waals surface area contributed by atoms with Crippen LogP contribution in [0.1, 0.15) is 25.7 Å². The third-order valence-electron chi connectivity index (χ3n) is 3.52. The van der Waals surface area contributed by atoms with Crippen LogP contribution >= 0.6 is 0 Å². The van der Waals surface area contributed by atoms with Gasteiger partial charge in [-0.25, -0.2) is 10.8 Å².